The second-order valence-electron chi connectivity index (χ2n) is 8.30. The molecule has 0 fully saturated rings. The summed E-state index contributed by atoms with van der Waals surface area (Å²) in [5.74, 6) is 0. The summed E-state index contributed by atoms with van der Waals surface area (Å²) < 4.78 is 0. The molecule has 0 N–H and O–H groups in total. The Kier molecular flexibility index (Phi) is 3.12. The predicted octanol–water partition coefficient (Wildman–Crippen LogP) is 6.18. The molecule has 3 aromatic rings. The van der Waals surface area contributed by atoms with Crippen LogP contribution in [-0.2, 0) is 5.41 Å². The van der Waals surface area contributed by atoms with Crippen molar-refractivity contribution in [1.29, 1.82) is 0 Å². The van der Waals surface area contributed by atoms with Gasteiger partial charge in [-0.15, -0.1) is 0 Å². The van der Waals surface area contributed by atoms with Crippen LogP contribution in [0.3, 0.4) is 0 Å². The van der Waals surface area contributed by atoms with Gasteiger partial charge in [0, 0.05) is 19.8 Å². The summed E-state index contributed by atoms with van der Waals surface area (Å²) in [5.41, 5.74) is 12.7. The van der Waals surface area contributed by atoms with Gasteiger partial charge in [-0.2, -0.15) is 0 Å². The molecule has 1 spiro atoms. The third kappa shape index (κ3) is 1.77. The van der Waals surface area contributed by atoms with Crippen LogP contribution in [-0.4, -0.2) is 14.1 Å². The molecule has 0 aromatic heterocycles. The largest absolute Gasteiger partial charge is 0.378 e. The van der Waals surface area contributed by atoms with E-state index >= 15 is 0 Å². The molecule has 1 heteroatoms. The Morgan fingerprint density at radius 2 is 1.43 bits per heavy atom. The lowest BCUT2D eigenvalue weighted by molar-refractivity contribution is 0.714. The first kappa shape index (κ1) is 15.9. The highest BCUT2D eigenvalue weighted by molar-refractivity contribution is 5.97. The first-order valence-electron chi connectivity index (χ1n) is 10.1. The van der Waals surface area contributed by atoms with E-state index in [1.165, 1.54) is 44.6 Å². The maximum Gasteiger partial charge on any atom is 0.0689 e. The summed E-state index contributed by atoms with van der Waals surface area (Å²) in [7, 11) is 4.26. The standard InChI is InChI=1S/C27H23N/c1-28(2)18-15-16-22-21-11-5-8-14-25(21)27(26(22)17-18)23-12-6-3-9-19(23)20-10-4-7-13-24(20)27/h3-6,8-12,14-17H,7,13H2,1-2H3. The van der Waals surface area contributed by atoms with Gasteiger partial charge < -0.3 is 4.90 Å². The Bertz CT molecular complexity index is 1190. The number of hydrogen-bond donors (Lipinski definition) is 0. The van der Waals surface area contributed by atoms with Crippen LogP contribution in [0.25, 0.3) is 16.7 Å². The molecule has 6 rings (SSSR count). The van der Waals surface area contributed by atoms with Gasteiger partial charge in [-0.05, 0) is 69.5 Å². The fourth-order valence-electron chi connectivity index (χ4n) is 5.67. The average Bonchev–Trinajstić information content (AvgIpc) is 3.21. The molecule has 3 aliphatic rings. The average molecular weight is 361 g/mol. The molecule has 3 aromatic carbocycles. The van der Waals surface area contributed by atoms with Crippen LogP contribution in [0.2, 0.25) is 0 Å². The van der Waals surface area contributed by atoms with Crippen molar-refractivity contribution in [2.75, 3.05) is 19.0 Å². The number of fused-ring (bicyclic) bond motifs is 9. The Labute approximate surface area is 166 Å². The summed E-state index contributed by atoms with van der Waals surface area (Å²) in [4.78, 5) is 2.22. The number of rotatable bonds is 1. The van der Waals surface area contributed by atoms with Crippen molar-refractivity contribution in [3.63, 3.8) is 0 Å². The molecule has 1 unspecified atom stereocenters. The molecule has 136 valence electrons. The SMILES string of the molecule is CN(C)c1ccc2c(c1)C1(C3=C(C=CCC3)c3ccccc31)c1ccccc1-2. The molecule has 1 atom stereocenters. The minimum absolute atomic E-state index is 0.144. The van der Waals surface area contributed by atoms with Crippen LogP contribution in [0.5, 0.6) is 0 Å². The topological polar surface area (TPSA) is 3.24 Å². The molecule has 0 bridgehead atoms. The summed E-state index contributed by atoms with van der Waals surface area (Å²) >= 11 is 0. The van der Waals surface area contributed by atoms with Gasteiger partial charge in [-0.1, -0.05) is 66.7 Å². The minimum atomic E-state index is -0.144. The van der Waals surface area contributed by atoms with Gasteiger partial charge in [0.15, 0.2) is 0 Å². The van der Waals surface area contributed by atoms with Gasteiger partial charge >= 0.3 is 0 Å². The molecule has 0 saturated carbocycles. The smallest absolute Gasteiger partial charge is 0.0689 e. The first-order chi connectivity index (χ1) is 13.7. The van der Waals surface area contributed by atoms with E-state index in [9.17, 15) is 0 Å². The van der Waals surface area contributed by atoms with Gasteiger partial charge in [0.2, 0.25) is 0 Å². The highest BCUT2D eigenvalue weighted by Gasteiger charge is 2.52. The number of hydrogen-bond acceptors (Lipinski definition) is 1. The minimum Gasteiger partial charge on any atom is -0.378 e. The first-order valence-corrected chi connectivity index (χ1v) is 10.1. The van der Waals surface area contributed by atoms with Gasteiger partial charge in [0.1, 0.15) is 0 Å². The lowest BCUT2D eigenvalue weighted by atomic mass is 9.68. The van der Waals surface area contributed by atoms with E-state index in [-0.39, 0.29) is 5.41 Å². The van der Waals surface area contributed by atoms with Crippen molar-refractivity contribution < 1.29 is 0 Å². The van der Waals surface area contributed by atoms with Crippen LogP contribution >= 0.6 is 0 Å². The zero-order valence-corrected chi connectivity index (χ0v) is 16.4. The van der Waals surface area contributed by atoms with Crippen molar-refractivity contribution in [3.05, 3.63) is 107 Å². The van der Waals surface area contributed by atoms with Gasteiger partial charge in [0.25, 0.3) is 0 Å². The fraction of sp³-hybridized carbons (Fsp3) is 0.185. The summed E-state index contributed by atoms with van der Waals surface area (Å²) in [6.07, 6.45) is 6.95. The Hall–Kier alpha value is -3.06. The lowest BCUT2D eigenvalue weighted by Gasteiger charge is -2.33. The van der Waals surface area contributed by atoms with Crippen LogP contribution < -0.4 is 4.90 Å². The second-order valence-corrected chi connectivity index (χ2v) is 8.30. The van der Waals surface area contributed by atoms with E-state index in [0.29, 0.717) is 0 Å². The highest BCUT2D eigenvalue weighted by Crippen LogP contribution is 2.63. The third-order valence-electron chi connectivity index (χ3n) is 6.79. The predicted molar refractivity (Wildman–Crippen MR) is 118 cm³/mol. The van der Waals surface area contributed by atoms with Crippen molar-refractivity contribution in [2.24, 2.45) is 0 Å². The van der Waals surface area contributed by atoms with Gasteiger partial charge in [-0.3, -0.25) is 0 Å². The van der Waals surface area contributed by atoms with Crippen molar-refractivity contribution in [1.82, 2.24) is 0 Å². The molecular formula is C27H23N. The number of benzene rings is 3. The van der Waals surface area contributed by atoms with Crippen LogP contribution in [0.15, 0.2) is 84.5 Å². The molecule has 3 aliphatic carbocycles. The van der Waals surface area contributed by atoms with E-state index in [2.05, 4.69) is 97.9 Å². The Balaban J connectivity index is 1.80. The van der Waals surface area contributed by atoms with Crippen molar-refractivity contribution in [2.45, 2.75) is 18.3 Å². The third-order valence-corrected chi connectivity index (χ3v) is 6.79. The van der Waals surface area contributed by atoms with Crippen LogP contribution in [0, 0.1) is 0 Å². The second kappa shape index (κ2) is 5.48. The summed E-state index contributed by atoms with van der Waals surface area (Å²) in [6, 6.07) is 25.1. The molecular weight excluding hydrogens is 338 g/mol. The molecule has 0 aliphatic heterocycles. The molecule has 0 amide bonds. The van der Waals surface area contributed by atoms with Crippen molar-refractivity contribution in [3.8, 4) is 11.1 Å². The van der Waals surface area contributed by atoms with Crippen LogP contribution in [0.4, 0.5) is 5.69 Å². The fourth-order valence-corrected chi connectivity index (χ4v) is 5.67. The van der Waals surface area contributed by atoms with Gasteiger partial charge in [0.05, 0.1) is 5.41 Å². The molecule has 1 nitrogen and oxygen atoms in total. The van der Waals surface area contributed by atoms with Crippen LogP contribution in [0.1, 0.15) is 35.1 Å². The zero-order valence-electron chi connectivity index (χ0n) is 16.4. The maximum atomic E-state index is 2.43. The quantitative estimate of drug-likeness (QED) is 0.500. The van der Waals surface area contributed by atoms with E-state index in [1.807, 2.05) is 0 Å². The number of anilines is 1. The summed E-state index contributed by atoms with van der Waals surface area (Å²) in [6.45, 7) is 0. The number of nitrogens with zero attached hydrogens (tertiary/aromatic N) is 1. The molecule has 0 heterocycles. The number of allylic oxidation sites excluding steroid dienone is 4. The van der Waals surface area contributed by atoms with E-state index in [1.54, 1.807) is 5.57 Å². The Morgan fingerprint density at radius 3 is 2.21 bits per heavy atom. The van der Waals surface area contributed by atoms with E-state index < -0.39 is 0 Å². The Morgan fingerprint density at radius 1 is 0.750 bits per heavy atom. The normalized spacial score (nSPS) is 20.8. The zero-order chi connectivity index (χ0) is 18.9. The van der Waals surface area contributed by atoms with Crippen molar-refractivity contribution >= 4 is 11.3 Å². The highest BCUT2D eigenvalue weighted by atomic mass is 15.1. The van der Waals surface area contributed by atoms with Gasteiger partial charge in [-0.25, -0.2) is 0 Å². The monoisotopic (exact) mass is 361 g/mol. The summed E-state index contributed by atoms with van der Waals surface area (Å²) in [5, 5.41) is 0. The lowest BCUT2D eigenvalue weighted by Crippen LogP contribution is -2.28. The maximum absolute atomic E-state index is 2.43. The van der Waals surface area contributed by atoms with E-state index in [4.69, 9.17) is 0 Å². The molecule has 28 heavy (non-hydrogen) atoms. The van der Waals surface area contributed by atoms with E-state index in [0.717, 1.165) is 12.8 Å². The molecule has 0 radical (unpaired) electrons. The molecule has 0 saturated heterocycles.